The van der Waals surface area contributed by atoms with Crippen LogP contribution >= 0.6 is 0 Å². The van der Waals surface area contributed by atoms with Gasteiger partial charge in [0, 0.05) is 18.0 Å². The van der Waals surface area contributed by atoms with Gasteiger partial charge in [-0.3, -0.25) is 9.80 Å². The van der Waals surface area contributed by atoms with Crippen molar-refractivity contribution in [1.29, 1.82) is 0 Å². The first kappa shape index (κ1) is 24.6. The minimum atomic E-state index is -1.13. The highest BCUT2D eigenvalue weighted by Gasteiger charge is 2.37. The Morgan fingerprint density at radius 1 is 1.25 bits per heavy atom. The number of azide groups is 1. The first-order chi connectivity index (χ1) is 17.4. The number of rotatable bonds is 7. The molecule has 1 N–H and O–H groups in total. The molecule has 2 heterocycles. The van der Waals surface area contributed by atoms with Gasteiger partial charge in [-0.2, -0.15) is 0 Å². The molecule has 0 saturated carbocycles. The van der Waals surface area contributed by atoms with Crippen LogP contribution in [0.2, 0.25) is 0 Å². The van der Waals surface area contributed by atoms with Crippen molar-refractivity contribution in [2.75, 3.05) is 36.0 Å². The summed E-state index contributed by atoms with van der Waals surface area (Å²) in [5.74, 6) is -0.802. The summed E-state index contributed by atoms with van der Waals surface area (Å²) in [4.78, 5) is 42.9. The Balaban J connectivity index is 1.56. The molecule has 188 valence electrons. The zero-order valence-electron chi connectivity index (χ0n) is 19.1. The highest BCUT2D eigenvalue weighted by molar-refractivity contribution is 5.92. The molecule has 0 unspecified atom stereocenters. The van der Waals surface area contributed by atoms with E-state index in [0.29, 0.717) is 6.42 Å². The van der Waals surface area contributed by atoms with Crippen LogP contribution in [0.5, 0.6) is 0 Å². The van der Waals surface area contributed by atoms with Crippen LogP contribution in [-0.4, -0.2) is 66.6 Å². The Labute approximate surface area is 205 Å². The lowest BCUT2D eigenvalue weighted by Gasteiger charge is -2.29. The standard InChI is InChI=1S/C23H23FN6O6/c24-19-10-16(29-13-18(11-26-27-25)36-22(29)33)6-7-20(19)30(17-8-9-28(12-17)21(31)32)23(34)35-14-15-4-2-1-3-5-15/h1-7,10,17-18H,8-9,11-14H2,(H,31,32)/t17-,18+/m1/s1. The minimum Gasteiger partial charge on any atom is -0.465 e. The van der Waals surface area contributed by atoms with Crippen molar-refractivity contribution in [3.63, 3.8) is 0 Å². The number of halogens is 1. The number of likely N-dealkylation sites (tertiary alicyclic amines) is 1. The van der Waals surface area contributed by atoms with Crippen LogP contribution in [0.15, 0.2) is 53.6 Å². The number of nitrogens with zero attached hydrogens (tertiary/aromatic N) is 6. The van der Waals surface area contributed by atoms with Crippen molar-refractivity contribution >= 4 is 29.7 Å². The molecule has 0 aliphatic carbocycles. The topological polar surface area (TPSA) is 148 Å². The van der Waals surface area contributed by atoms with E-state index in [4.69, 9.17) is 15.0 Å². The molecule has 2 atom stereocenters. The van der Waals surface area contributed by atoms with E-state index in [-0.39, 0.29) is 44.2 Å². The Kier molecular flexibility index (Phi) is 7.40. The van der Waals surface area contributed by atoms with Crippen molar-refractivity contribution < 1.29 is 33.4 Å². The predicted octanol–water partition coefficient (Wildman–Crippen LogP) is 4.36. The predicted molar refractivity (Wildman–Crippen MR) is 125 cm³/mol. The van der Waals surface area contributed by atoms with Crippen LogP contribution < -0.4 is 9.80 Å². The Morgan fingerprint density at radius 2 is 2.03 bits per heavy atom. The van der Waals surface area contributed by atoms with Crippen LogP contribution in [-0.2, 0) is 16.1 Å². The molecule has 13 heteroatoms. The van der Waals surface area contributed by atoms with Crippen molar-refractivity contribution in [1.82, 2.24) is 4.90 Å². The van der Waals surface area contributed by atoms with E-state index in [0.717, 1.165) is 21.4 Å². The monoisotopic (exact) mass is 498 g/mol. The number of amides is 3. The molecule has 2 aliphatic heterocycles. The van der Waals surface area contributed by atoms with E-state index < -0.39 is 36.2 Å². The Bertz CT molecular complexity index is 1190. The molecule has 0 bridgehead atoms. The fourth-order valence-corrected chi connectivity index (χ4v) is 4.17. The molecule has 12 nitrogen and oxygen atoms in total. The SMILES string of the molecule is [N-]=[N+]=NC[C@H]1CN(c2ccc(N(C(=O)OCc3ccccc3)[C@@H]3CCN(C(=O)O)C3)c(F)c2)C(=O)O1. The van der Waals surface area contributed by atoms with Crippen LogP contribution in [0.4, 0.5) is 30.1 Å². The molecule has 0 spiro atoms. The van der Waals surface area contributed by atoms with Gasteiger partial charge in [0.1, 0.15) is 18.5 Å². The van der Waals surface area contributed by atoms with Gasteiger partial charge in [0.25, 0.3) is 0 Å². The van der Waals surface area contributed by atoms with Gasteiger partial charge < -0.3 is 19.5 Å². The van der Waals surface area contributed by atoms with E-state index in [2.05, 4.69) is 10.0 Å². The van der Waals surface area contributed by atoms with Crippen LogP contribution in [0.1, 0.15) is 12.0 Å². The van der Waals surface area contributed by atoms with Crippen molar-refractivity contribution in [2.24, 2.45) is 5.11 Å². The van der Waals surface area contributed by atoms with Crippen molar-refractivity contribution in [3.8, 4) is 0 Å². The number of cyclic esters (lactones) is 1. The third-order valence-electron chi connectivity index (χ3n) is 5.93. The summed E-state index contributed by atoms with van der Waals surface area (Å²) >= 11 is 0. The maximum absolute atomic E-state index is 15.4. The summed E-state index contributed by atoms with van der Waals surface area (Å²) in [5, 5.41) is 12.7. The first-order valence-electron chi connectivity index (χ1n) is 11.1. The van der Waals surface area contributed by atoms with E-state index >= 15 is 4.39 Å². The van der Waals surface area contributed by atoms with Gasteiger partial charge in [-0.15, -0.1) is 0 Å². The highest BCUT2D eigenvalue weighted by atomic mass is 19.1. The summed E-state index contributed by atoms with van der Waals surface area (Å²) in [5.41, 5.74) is 9.29. The summed E-state index contributed by atoms with van der Waals surface area (Å²) in [7, 11) is 0. The number of ether oxygens (including phenoxy) is 2. The molecule has 2 saturated heterocycles. The molecule has 2 aromatic rings. The molecular weight excluding hydrogens is 475 g/mol. The summed E-state index contributed by atoms with van der Waals surface area (Å²) in [6, 6.07) is 12.2. The van der Waals surface area contributed by atoms with Gasteiger partial charge in [-0.1, -0.05) is 35.4 Å². The summed E-state index contributed by atoms with van der Waals surface area (Å²) in [6.07, 6.45) is -3.03. The van der Waals surface area contributed by atoms with E-state index in [1.807, 2.05) is 6.07 Å². The molecule has 0 aromatic heterocycles. The Morgan fingerprint density at radius 3 is 2.69 bits per heavy atom. The first-order valence-corrected chi connectivity index (χ1v) is 11.1. The quantitative estimate of drug-likeness (QED) is 0.341. The highest BCUT2D eigenvalue weighted by Crippen LogP contribution is 2.31. The average Bonchev–Trinajstić information content (AvgIpc) is 3.50. The summed E-state index contributed by atoms with van der Waals surface area (Å²) < 4.78 is 26.0. The largest absolute Gasteiger partial charge is 0.465 e. The second-order valence-corrected chi connectivity index (χ2v) is 8.25. The van der Waals surface area contributed by atoms with E-state index in [9.17, 15) is 19.5 Å². The van der Waals surface area contributed by atoms with Gasteiger partial charge >= 0.3 is 18.3 Å². The minimum absolute atomic E-state index is 0.00347. The maximum Gasteiger partial charge on any atom is 0.415 e. The molecular formula is C23H23FN6O6. The van der Waals surface area contributed by atoms with Crippen LogP contribution in [0.3, 0.4) is 0 Å². The van der Waals surface area contributed by atoms with Crippen molar-refractivity contribution in [2.45, 2.75) is 25.2 Å². The number of hydrogen-bond donors (Lipinski definition) is 1. The number of benzene rings is 2. The second-order valence-electron chi connectivity index (χ2n) is 8.25. The lowest BCUT2D eigenvalue weighted by molar-refractivity contribution is 0.142. The van der Waals surface area contributed by atoms with Gasteiger partial charge in [-0.25, -0.2) is 18.8 Å². The fourth-order valence-electron chi connectivity index (χ4n) is 4.17. The molecule has 4 rings (SSSR count). The number of carbonyl (C=O) groups excluding carboxylic acids is 2. The van der Waals surface area contributed by atoms with Crippen LogP contribution in [0, 0.1) is 5.82 Å². The number of carboxylic acid groups (broad SMARTS) is 1. The van der Waals surface area contributed by atoms with Gasteiger partial charge in [0.05, 0.1) is 30.5 Å². The van der Waals surface area contributed by atoms with Gasteiger partial charge in [0.15, 0.2) is 0 Å². The van der Waals surface area contributed by atoms with Crippen LogP contribution in [0.25, 0.3) is 10.4 Å². The molecule has 3 amide bonds. The van der Waals surface area contributed by atoms with E-state index in [1.165, 1.54) is 17.0 Å². The normalized spacial score (nSPS) is 19.0. The maximum atomic E-state index is 15.4. The lowest BCUT2D eigenvalue weighted by atomic mass is 10.1. The molecule has 2 aliphatic rings. The lowest BCUT2D eigenvalue weighted by Crippen LogP contribution is -2.43. The van der Waals surface area contributed by atoms with Gasteiger partial charge in [0.2, 0.25) is 0 Å². The number of anilines is 2. The zero-order chi connectivity index (χ0) is 25.7. The van der Waals surface area contributed by atoms with Crippen molar-refractivity contribution in [3.05, 3.63) is 70.4 Å². The molecule has 36 heavy (non-hydrogen) atoms. The number of carbonyl (C=O) groups is 3. The third-order valence-corrected chi connectivity index (χ3v) is 5.93. The smallest absolute Gasteiger partial charge is 0.415 e. The fraction of sp³-hybridized carbons (Fsp3) is 0.348. The molecule has 2 fully saturated rings. The second kappa shape index (κ2) is 10.8. The average molecular weight is 498 g/mol. The van der Waals surface area contributed by atoms with Gasteiger partial charge in [-0.05, 0) is 35.7 Å². The third kappa shape index (κ3) is 5.41. The molecule has 2 aromatic carbocycles. The Hall–Kier alpha value is -4.51. The summed E-state index contributed by atoms with van der Waals surface area (Å²) in [6.45, 7) is 0.153. The number of hydrogen-bond acceptors (Lipinski definition) is 6. The van der Waals surface area contributed by atoms with E-state index in [1.54, 1.807) is 24.3 Å². The molecule has 0 radical (unpaired) electrons. The zero-order valence-corrected chi connectivity index (χ0v) is 19.1.